The Morgan fingerprint density at radius 3 is 2.84 bits per heavy atom. The number of furan rings is 1. The Bertz CT molecular complexity index is 444. The van der Waals surface area contributed by atoms with E-state index in [9.17, 15) is 9.59 Å². The molecule has 104 valence electrons. The predicted octanol–water partition coefficient (Wildman–Crippen LogP) is 1.89. The summed E-state index contributed by atoms with van der Waals surface area (Å²) >= 11 is 0. The van der Waals surface area contributed by atoms with E-state index in [0.717, 1.165) is 0 Å². The van der Waals surface area contributed by atoms with Gasteiger partial charge >= 0.3 is 12.0 Å². The molecule has 0 aromatic carbocycles. The van der Waals surface area contributed by atoms with Crippen LogP contribution in [0.4, 0.5) is 4.79 Å². The van der Waals surface area contributed by atoms with Crippen LogP contribution in [0.2, 0.25) is 0 Å². The van der Waals surface area contributed by atoms with Gasteiger partial charge in [0.2, 0.25) is 0 Å². The van der Waals surface area contributed by atoms with Crippen LogP contribution in [0.3, 0.4) is 0 Å². The zero-order chi connectivity index (χ0) is 13.8. The largest absolute Gasteiger partial charge is 0.481 e. The molecule has 0 spiro atoms. The number of urea groups is 1. The quantitative estimate of drug-likeness (QED) is 0.776. The molecule has 1 aromatic heterocycles. The molecule has 1 aromatic rings. The summed E-state index contributed by atoms with van der Waals surface area (Å²) in [7, 11) is 0. The first-order valence-corrected chi connectivity index (χ1v) is 6.39. The smallest absolute Gasteiger partial charge is 0.315 e. The van der Waals surface area contributed by atoms with E-state index in [1.807, 2.05) is 6.92 Å². The highest BCUT2D eigenvalue weighted by Gasteiger charge is 2.30. The van der Waals surface area contributed by atoms with Gasteiger partial charge in [0.25, 0.3) is 0 Å². The van der Waals surface area contributed by atoms with Gasteiger partial charge in [-0.2, -0.15) is 0 Å². The van der Waals surface area contributed by atoms with Crippen LogP contribution in [0.1, 0.15) is 38.0 Å². The highest BCUT2D eigenvalue weighted by molar-refractivity contribution is 5.75. The zero-order valence-corrected chi connectivity index (χ0v) is 10.8. The summed E-state index contributed by atoms with van der Waals surface area (Å²) in [5.41, 5.74) is 0. The molecule has 1 aliphatic carbocycles. The topological polar surface area (TPSA) is 91.6 Å². The molecule has 0 bridgehead atoms. The Hall–Kier alpha value is -1.98. The Labute approximate surface area is 111 Å². The maximum atomic E-state index is 11.8. The fourth-order valence-corrected chi connectivity index (χ4v) is 2.37. The molecule has 0 aliphatic heterocycles. The van der Waals surface area contributed by atoms with Crippen molar-refractivity contribution in [3.8, 4) is 0 Å². The maximum absolute atomic E-state index is 11.8. The molecule has 19 heavy (non-hydrogen) atoms. The van der Waals surface area contributed by atoms with Gasteiger partial charge in [-0.15, -0.1) is 0 Å². The molecule has 1 heterocycles. The average Bonchev–Trinajstić information content (AvgIpc) is 2.98. The molecule has 1 fully saturated rings. The SMILES string of the molecule is CC(NC(=O)N[C@H]1CC[C@@H](C(=O)O)C1)c1ccco1. The number of hydrogen-bond donors (Lipinski definition) is 3. The minimum Gasteiger partial charge on any atom is -0.481 e. The lowest BCUT2D eigenvalue weighted by Crippen LogP contribution is -2.42. The molecule has 0 radical (unpaired) electrons. The van der Waals surface area contributed by atoms with Gasteiger partial charge in [0.1, 0.15) is 5.76 Å². The monoisotopic (exact) mass is 266 g/mol. The normalized spacial score (nSPS) is 23.8. The third-order valence-corrected chi connectivity index (χ3v) is 3.43. The van der Waals surface area contributed by atoms with Crippen molar-refractivity contribution in [2.75, 3.05) is 0 Å². The molecule has 3 N–H and O–H groups in total. The lowest BCUT2D eigenvalue weighted by Gasteiger charge is -2.16. The molecule has 1 aliphatic rings. The van der Waals surface area contributed by atoms with E-state index in [1.165, 1.54) is 0 Å². The van der Waals surface area contributed by atoms with Crippen molar-refractivity contribution in [1.29, 1.82) is 0 Å². The number of hydrogen-bond acceptors (Lipinski definition) is 3. The first kappa shape index (κ1) is 13.5. The second-order valence-corrected chi connectivity index (χ2v) is 4.90. The van der Waals surface area contributed by atoms with E-state index in [0.29, 0.717) is 25.0 Å². The van der Waals surface area contributed by atoms with Gasteiger partial charge in [0.15, 0.2) is 0 Å². The van der Waals surface area contributed by atoms with Crippen molar-refractivity contribution in [2.45, 2.75) is 38.3 Å². The maximum Gasteiger partial charge on any atom is 0.315 e. The fourth-order valence-electron chi connectivity index (χ4n) is 2.37. The molecule has 1 saturated carbocycles. The van der Waals surface area contributed by atoms with Gasteiger partial charge in [-0.05, 0) is 38.3 Å². The van der Waals surface area contributed by atoms with Crippen LogP contribution in [-0.2, 0) is 4.79 Å². The zero-order valence-electron chi connectivity index (χ0n) is 10.8. The van der Waals surface area contributed by atoms with Crippen molar-refractivity contribution >= 4 is 12.0 Å². The number of carboxylic acid groups (broad SMARTS) is 1. The van der Waals surface area contributed by atoms with E-state index < -0.39 is 5.97 Å². The molecule has 6 nitrogen and oxygen atoms in total. The minimum absolute atomic E-state index is 0.0649. The van der Waals surface area contributed by atoms with E-state index in [-0.39, 0.29) is 24.0 Å². The third-order valence-electron chi connectivity index (χ3n) is 3.43. The van der Waals surface area contributed by atoms with Crippen LogP contribution >= 0.6 is 0 Å². The Morgan fingerprint density at radius 1 is 1.47 bits per heavy atom. The molecule has 2 rings (SSSR count). The molecule has 2 amide bonds. The molecular weight excluding hydrogens is 248 g/mol. The lowest BCUT2D eigenvalue weighted by atomic mass is 10.1. The van der Waals surface area contributed by atoms with E-state index >= 15 is 0 Å². The minimum atomic E-state index is -0.784. The Kier molecular flexibility index (Phi) is 4.09. The summed E-state index contributed by atoms with van der Waals surface area (Å²) in [6.45, 7) is 1.83. The number of aliphatic carboxylic acids is 1. The number of nitrogens with one attached hydrogen (secondary N) is 2. The molecule has 1 unspecified atom stereocenters. The predicted molar refractivity (Wildman–Crippen MR) is 67.6 cm³/mol. The number of carbonyl (C=O) groups is 2. The first-order chi connectivity index (χ1) is 9.06. The Balaban J connectivity index is 1.78. The Morgan fingerprint density at radius 2 is 2.26 bits per heavy atom. The summed E-state index contributed by atoms with van der Waals surface area (Å²) in [5, 5.41) is 14.5. The van der Waals surface area contributed by atoms with Crippen LogP contribution in [0.15, 0.2) is 22.8 Å². The number of carbonyl (C=O) groups excluding carboxylic acids is 1. The third kappa shape index (κ3) is 3.49. The van der Waals surface area contributed by atoms with Gasteiger partial charge < -0.3 is 20.2 Å². The van der Waals surface area contributed by atoms with E-state index in [2.05, 4.69) is 10.6 Å². The van der Waals surface area contributed by atoms with Crippen molar-refractivity contribution in [3.05, 3.63) is 24.2 Å². The van der Waals surface area contributed by atoms with Crippen LogP contribution in [-0.4, -0.2) is 23.1 Å². The van der Waals surface area contributed by atoms with Gasteiger partial charge in [-0.3, -0.25) is 4.79 Å². The van der Waals surface area contributed by atoms with Crippen molar-refractivity contribution in [3.63, 3.8) is 0 Å². The second-order valence-electron chi connectivity index (χ2n) is 4.90. The van der Waals surface area contributed by atoms with Crippen molar-refractivity contribution in [2.24, 2.45) is 5.92 Å². The van der Waals surface area contributed by atoms with Gasteiger partial charge in [0.05, 0.1) is 18.2 Å². The highest BCUT2D eigenvalue weighted by atomic mass is 16.4. The van der Waals surface area contributed by atoms with Crippen molar-refractivity contribution in [1.82, 2.24) is 10.6 Å². The number of amides is 2. The van der Waals surface area contributed by atoms with Crippen LogP contribution < -0.4 is 10.6 Å². The molecule has 0 saturated heterocycles. The summed E-state index contributed by atoms with van der Waals surface area (Å²) in [6, 6.07) is 2.98. The summed E-state index contributed by atoms with van der Waals surface area (Å²) in [6.07, 6.45) is 3.38. The van der Waals surface area contributed by atoms with E-state index in [1.54, 1.807) is 18.4 Å². The summed E-state index contributed by atoms with van der Waals surface area (Å²) in [4.78, 5) is 22.6. The highest BCUT2D eigenvalue weighted by Crippen LogP contribution is 2.25. The lowest BCUT2D eigenvalue weighted by molar-refractivity contribution is -0.141. The van der Waals surface area contributed by atoms with Gasteiger partial charge in [-0.25, -0.2) is 4.79 Å². The van der Waals surface area contributed by atoms with Gasteiger partial charge in [0, 0.05) is 6.04 Å². The summed E-state index contributed by atoms with van der Waals surface area (Å²) < 4.78 is 5.19. The van der Waals surface area contributed by atoms with E-state index in [4.69, 9.17) is 9.52 Å². The first-order valence-electron chi connectivity index (χ1n) is 6.39. The second kappa shape index (κ2) is 5.77. The molecule has 3 atom stereocenters. The number of carboxylic acids is 1. The standard InChI is InChI=1S/C13H18N2O4/c1-8(11-3-2-6-19-11)14-13(18)15-10-5-4-9(7-10)12(16)17/h2-3,6,8-10H,4-5,7H2,1H3,(H,16,17)(H2,14,15,18)/t8?,9-,10+/m1/s1. The molecular formula is C13H18N2O4. The molecule has 6 heteroatoms. The van der Waals surface area contributed by atoms with Crippen LogP contribution in [0, 0.1) is 5.92 Å². The average molecular weight is 266 g/mol. The summed E-state index contributed by atoms with van der Waals surface area (Å²) in [5.74, 6) is -0.438. The number of rotatable bonds is 4. The van der Waals surface area contributed by atoms with Gasteiger partial charge in [-0.1, -0.05) is 0 Å². The van der Waals surface area contributed by atoms with Crippen LogP contribution in [0.5, 0.6) is 0 Å². The van der Waals surface area contributed by atoms with Crippen LogP contribution in [0.25, 0.3) is 0 Å². The van der Waals surface area contributed by atoms with Crippen molar-refractivity contribution < 1.29 is 19.1 Å². The fraction of sp³-hybridized carbons (Fsp3) is 0.538.